The maximum atomic E-state index is 6.45. The Balaban J connectivity index is 1.42. The summed E-state index contributed by atoms with van der Waals surface area (Å²) in [7, 11) is 0. The molecule has 1 aromatic carbocycles. The van der Waals surface area contributed by atoms with Crippen molar-refractivity contribution < 1.29 is 4.42 Å². The van der Waals surface area contributed by atoms with Gasteiger partial charge in [-0.2, -0.15) is 0 Å². The van der Waals surface area contributed by atoms with E-state index in [2.05, 4.69) is 26.9 Å². The summed E-state index contributed by atoms with van der Waals surface area (Å²) in [5, 5.41) is 9.51. The second-order valence-corrected chi connectivity index (χ2v) is 7.59. The van der Waals surface area contributed by atoms with Gasteiger partial charge in [-0.1, -0.05) is 30.3 Å². The van der Waals surface area contributed by atoms with Crippen LogP contribution in [0.25, 0.3) is 21.9 Å². The average Bonchev–Trinajstić information content (AvgIpc) is 3.57. The molecule has 1 aliphatic heterocycles. The van der Waals surface area contributed by atoms with Crippen LogP contribution >= 0.6 is 11.3 Å². The monoisotopic (exact) mass is 417 g/mol. The Kier molecular flexibility index (Phi) is 4.80. The molecule has 0 bridgehead atoms. The molecular formula is C21H19N7OS. The number of aromatic nitrogens is 1. The minimum Gasteiger partial charge on any atom is -0.464 e. The van der Waals surface area contributed by atoms with E-state index in [-0.39, 0.29) is 0 Å². The minimum absolute atomic E-state index is 0.559. The smallest absolute Gasteiger partial charge is 0.170 e. The molecule has 0 unspecified atom stereocenters. The van der Waals surface area contributed by atoms with E-state index < -0.39 is 0 Å². The summed E-state index contributed by atoms with van der Waals surface area (Å²) in [5.41, 5.74) is 19.1. The van der Waals surface area contributed by atoms with Crippen LogP contribution in [0.1, 0.15) is 11.1 Å². The lowest BCUT2D eigenvalue weighted by atomic mass is 10.1. The standard InChI is InChI=1S/C21H19N7OS/c22-19-15(17-3-1-9-29-17)11-16(18-4-2-10-30-18)24-21(19)23-12-13-5-7-14(8-6-13)20-25-27-28-26-20/h1-11,27-28H,12,22H2,(H,23,24)(H,25,26). The van der Waals surface area contributed by atoms with Gasteiger partial charge >= 0.3 is 0 Å². The van der Waals surface area contributed by atoms with Crippen molar-refractivity contribution in [2.45, 2.75) is 6.54 Å². The number of pyridine rings is 1. The predicted octanol–water partition coefficient (Wildman–Crippen LogP) is 3.54. The Bertz CT molecular complexity index is 1170. The van der Waals surface area contributed by atoms with E-state index in [1.165, 1.54) is 0 Å². The zero-order chi connectivity index (χ0) is 20.3. The summed E-state index contributed by atoms with van der Waals surface area (Å²) in [5.74, 6) is 2.09. The van der Waals surface area contributed by atoms with E-state index in [0.29, 0.717) is 23.8 Å². The Hall–Kier alpha value is -3.82. The number of nitrogens with zero attached hydrogens (tertiary/aromatic N) is 2. The van der Waals surface area contributed by atoms with Crippen LogP contribution in [0.15, 0.2) is 75.8 Å². The number of hydrogen-bond acceptors (Lipinski definition) is 9. The molecule has 0 fully saturated rings. The first-order chi connectivity index (χ1) is 14.8. The quantitative estimate of drug-likeness (QED) is 0.326. The van der Waals surface area contributed by atoms with Gasteiger partial charge in [0.25, 0.3) is 0 Å². The largest absolute Gasteiger partial charge is 0.464 e. The number of nitrogens with two attached hydrogens (primary N) is 1. The third-order valence-electron chi connectivity index (χ3n) is 4.71. The van der Waals surface area contributed by atoms with Crippen LogP contribution in [0, 0.1) is 0 Å². The molecular weight excluding hydrogens is 398 g/mol. The summed E-state index contributed by atoms with van der Waals surface area (Å²) in [4.78, 5) is 5.84. The summed E-state index contributed by atoms with van der Waals surface area (Å²) in [6.45, 7) is 0.583. The second-order valence-electron chi connectivity index (χ2n) is 6.64. The number of hydrazine groups is 2. The van der Waals surface area contributed by atoms with Crippen LogP contribution < -0.4 is 27.5 Å². The number of hydrazone groups is 1. The number of benzene rings is 1. The van der Waals surface area contributed by atoms with Crippen molar-refractivity contribution in [2.24, 2.45) is 5.10 Å². The molecule has 3 aromatic heterocycles. The molecule has 5 rings (SSSR count). The van der Waals surface area contributed by atoms with Gasteiger partial charge < -0.3 is 15.5 Å². The Morgan fingerprint density at radius 2 is 2.00 bits per heavy atom. The van der Waals surface area contributed by atoms with Gasteiger partial charge in [-0.05, 0) is 35.2 Å². The van der Waals surface area contributed by atoms with Crippen molar-refractivity contribution in [2.75, 3.05) is 11.1 Å². The summed E-state index contributed by atoms with van der Waals surface area (Å²) in [6.07, 6.45) is 1.64. The van der Waals surface area contributed by atoms with Crippen LogP contribution in [0.4, 0.5) is 11.5 Å². The lowest BCUT2D eigenvalue weighted by Crippen LogP contribution is -2.35. The molecule has 0 atom stereocenters. The summed E-state index contributed by atoms with van der Waals surface area (Å²) < 4.78 is 5.59. The maximum Gasteiger partial charge on any atom is 0.170 e. The molecule has 4 aromatic rings. The summed E-state index contributed by atoms with van der Waals surface area (Å²) in [6, 6.07) is 17.9. The van der Waals surface area contributed by atoms with Crippen molar-refractivity contribution >= 4 is 28.7 Å². The average molecular weight is 417 g/mol. The molecule has 150 valence electrons. The molecule has 0 saturated heterocycles. The number of thiophene rings is 1. The van der Waals surface area contributed by atoms with Gasteiger partial charge in [0.05, 0.1) is 22.5 Å². The van der Waals surface area contributed by atoms with Crippen molar-refractivity contribution in [1.29, 1.82) is 0 Å². The highest BCUT2D eigenvalue weighted by Gasteiger charge is 2.15. The molecule has 6 N–H and O–H groups in total. The zero-order valence-corrected chi connectivity index (χ0v) is 16.7. The number of hydrogen-bond donors (Lipinski definition) is 5. The molecule has 8 nitrogen and oxygen atoms in total. The second kappa shape index (κ2) is 7.90. The molecule has 1 aliphatic rings. The van der Waals surface area contributed by atoms with Gasteiger partial charge in [-0.3, -0.25) is 5.43 Å². The zero-order valence-electron chi connectivity index (χ0n) is 15.8. The van der Waals surface area contributed by atoms with E-state index in [0.717, 1.165) is 33.1 Å². The number of nitrogens with one attached hydrogen (secondary N) is 4. The normalized spacial score (nSPS) is 12.9. The van der Waals surface area contributed by atoms with E-state index in [9.17, 15) is 0 Å². The Labute approximate surface area is 176 Å². The Morgan fingerprint density at radius 3 is 2.70 bits per heavy atom. The third-order valence-corrected chi connectivity index (χ3v) is 5.60. The number of amidine groups is 1. The molecule has 0 radical (unpaired) electrons. The fourth-order valence-electron chi connectivity index (χ4n) is 3.18. The van der Waals surface area contributed by atoms with Crippen molar-refractivity contribution in [3.05, 3.63) is 77.4 Å². The van der Waals surface area contributed by atoms with Gasteiger partial charge in [-0.15, -0.1) is 22.0 Å². The van der Waals surface area contributed by atoms with Crippen molar-refractivity contribution in [1.82, 2.24) is 21.5 Å². The van der Waals surface area contributed by atoms with Gasteiger partial charge in [0.2, 0.25) is 0 Å². The molecule has 4 heterocycles. The van der Waals surface area contributed by atoms with Gasteiger partial charge in [0, 0.05) is 17.7 Å². The topological polar surface area (TPSA) is 113 Å². The highest BCUT2D eigenvalue weighted by atomic mass is 32.1. The minimum atomic E-state index is 0.559. The first-order valence-corrected chi connectivity index (χ1v) is 10.2. The molecule has 0 aliphatic carbocycles. The van der Waals surface area contributed by atoms with E-state index >= 15 is 0 Å². The van der Waals surface area contributed by atoms with E-state index in [4.69, 9.17) is 15.1 Å². The lowest BCUT2D eigenvalue weighted by molar-refractivity contribution is 0.577. The first-order valence-electron chi connectivity index (χ1n) is 9.33. The first kappa shape index (κ1) is 18.2. The van der Waals surface area contributed by atoms with E-state index in [1.807, 2.05) is 60.0 Å². The molecule has 0 saturated carbocycles. The predicted molar refractivity (Wildman–Crippen MR) is 119 cm³/mol. The van der Waals surface area contributed by atoms with Crippen molar-refractivity contribution in [3.63, 3.8) is 0 Å². The third kappa shape index (κ3) is 3.59. The molecule has 30 heavy (non-hydrogen) atoms. The van der Waals surface area contributed by atoms with Gasteiger partial charge in [-0.25, -0.2) is 10.5 Å². The molecule has 0 amide bonds. The van der Waals surface area contributed by atoms with Crippen LogP contribution in [-0.4, -0.2) is 10.8 Å². The Morgan fingerprint density at radius 1 is 1.10 bits per heavy atom. The number of furan rings is 1. The number of anilines is 2. The fraction of sp³-hybridized carbons (Fsp3) is 0.0476. The SMILES string of the molecule is Nc1c(-c2ccco2)cc(-c2cccs2)nc1NCc1ccc(C2=NNNN2)cc1. The fourth-order valence-corrected chi connectivity index (χ4v) is 3.86. The highest BCUT2D eigenvalue weighted by Crippen LogP contribution is 2.36. The van der Waals surface area contributed by atoms with Crippen LogP contribution in [0.5, 0.6) is 0 Å². The lowest BCUT2D eigenvalue weighted by Gasteiger charge is -2.14. The number of nitrogen functional groups attached to an aromatic ring is 1. The summed E-state index contributed by atoms with van der Waals surface area (Å²) >= 11 is 1.64. The van der Waals surface area contributed by atoms with Crippen LogP contribution in [0.3, 0.4) is 0 Å². The number of rotatable bonds is 6. The van der Waals surface area contributed by atoms with Gasteiger partial charge in [0.15, 0.2) is 11.7 Å². The van der Waals surface area contributed by atoms with Crippen LogP contribution in [-0.2, 0) is 6.54 Å². The van der Waals surface area contributed by atoms with Crippen LogP contribution in [0.2, 0.25) is 0 Å². The van der Waals surface area contributed by atoms with Gasteiger partial charge in [0.1, 0.15) is 5.76 Å². The van der Waals surface area contributed by atoms with Crippen molar-refractivity contribution in [3.8, 4) is 21.9 Å². The highest BCUT2D eigenvalue weighted by molar-refractivity contribution is 7.13. The molecule has 9 heteroatoms. The van der Waals surface area contributed by atoms with E-state index in [1.54, 1.807) is 17.6 Å². The molecule has 0 spiro atoms. The maximum absolute atomic E-state index is 6.45.